The van der Waals surface area contributed by atoms with Gasteiger partial charge in [0.05, 0.1) is 6.04 Å². The summed E-state index contributed by atoms with van der Waals surface area (Å²) in [6, 6.07) is 6.71. The van der Waals surface area contributed by atoms with E-state index in [4.69, 9.17) is 4.74 Å². The zero-order chi connectivity index (χ0) is 12.7. The quantitative estimate of drug-likeness (QED) is 0.744. The summed E-state index contributed by atoms with van der Waals surface area (Å²) in [7, 11) is 0. The maximum absolute atomic E-state index is 11.5. The first-order valence-corrected chi connectivity index (χ1v) is 5.79. The smallest absolute Gasteiger partial charge is 0.246 e. The van der Waals surface area contributed by atoms with E-state index in [9.17, 15) is 9.90 Å². The van der Waals surface area contributed by atoms with E-state index in [2.05, 4.69) is 5.32 Å². The summed E-state index contributed by atoms with van der Waals surface area (Å²) in [5.74, 6) is 0.0557. The van der Waals surface area contributed by atoms with Crippen molar-refractivity contribution in [1.82, 2.24) is 5.32 Å². The van der Waals surface area contributed by atoms with Gasteiger partial charge in [-0.15, -0.1) is 0 Å². The summed E-state index contributed by atoms with van der Waals surface area (Å²) < 4.78 is 5.14. The second kappa shape index (κ2) is 6.91. The molecule has 0 aliphatic rings. The van der Waals surface area contributed by atoms with Crippen LogP contribution in [-0.4, -0.2) is 24.2 Å². The van der Waals surface area contributed by atoms with Crippen LogP contribution in [0, 0.1) is 0 Å². The first-order chi connectivity index (χ1) is 8.13. The van der Waals surface area contributed by atoms with Crippen LogP contribution < -0.4 is 5.32 Å². The van der Waals surface area contributed by atoms with Crippen molar-refractivity contribution in [2.75, 3.05) is 13.2 Å². The molecule has 0 radical (unpaired) electrons. The first-order valence-electron chi connectivity index (χ1n) is 5.79. The highest BCUT2D eigenvalue weighted by molar-refractivity contribution is 5.77. The summed E-state index contributed by atoms with van der Waals surface area (Å²) in [5.41, 5.74) is 0.869. The maximum Gasteiger partial charge on any atom is 0.246 e. The molecule has 1 atom stereocenters. The molecule has 0 bridgehead atoms. The van der Waals surface area contributed by atoms with Gasteiger partial charge in [0.15, 0.2) is 0 Å². The van der Waals surface area contributed by atoms with E-state index in [1.165, 1.54) is 0 Å². The summed E-state index contributed by atoms with van der Waals surface area (Å²) >= 11 is 0. The van der Waals surface area contributed by atoms with Crippen molar-refractivity contribution in [2.45, 2.75) is 26.3 Å². The Hall–Kier alpha value is -1.55. The highest BCUT2D eigenvalue weighted by atomic mass is 16.5. The molecule has 2 N–H and O–H groups in total. The molecule has 0 saturated carbocycles. The Morgan fingerprint density at radius 3 is 2.94 bits per heavy atom. The minimum atomic E-state index is -0.144. The first kappa shape index (κ1) is 13.5. The average molecular weight is 237 g/mol. The number of benzene rings is 1. The zero-order valence-electron chi connectivity index (χ0n) is 10.3. The van der Waals surface area contributed by atoms with Crippen LogP contribution in [0.15, 0.2) is 24.3 Å². The normalized spacial score (nSPS) is 12.1. The highest BCUT2D eigenvalue weighted by Gasteiger charge is 2.09. The van der Waals surface area contributed by atoms with Gasteiger partial charge in [0.25, 0.3) is 0 Å². The van der Waals surface area contributed by atoms with Crippen LogP contribution in [0.5, 0.6) is 5.75 Å². The second-order valence-corrected chi connectivity index (χ2v) is 3.94. The van der Waals surface area contributed by atoms with Crippen molar-refractivity contribution in [3.05, 3.63) is 29.8 Å². The molecular formula is C13H19NO3. The van der Waals surface area contributed by atoms with E-state index in [1.807, 2.05) is 19.9 Å². The molecule has 1 rings (SSSR count). The van der Waals surface area contributed by atoms with E-state index >= 15 is 0 Å². The third-order valence-corrected chi connectivity index (χ3v) is 2.33. The fourth-order valence-corrected chi connectivity index (χ4v) is 1.47. The van der Waals surface area contributed by atoms with E-state index in [0.29, 0.717) is 6.61 Å². The largest absolute Gasteiger partial charge is 0.508 e. The summed E-state index contributed by atoms with van der Waals surface area (Å²) in [5, 5.41) is 12.1. The SMILES string of the molecule is CCCOCC(=O)NC(C)c1cccc(O)c1. The zero-order valence-corrected chi connectivity index (χ0v) is 10.3. The van der Waals surface area contributed by atoms with E-state index in [-0.39, 0.29) is 24.3 Å². The lowest BCUT2D eigenvalue weighted by atomic mass is 10.1. The number of nitrogens with one attached hydrogen (secondary N) is 1. The third kappa shape index (κ3) is 4.87. The van der Waals surface area contributed by atoms with Gasteiger partial charge in [-0.25, -0.2) is 0 Å². The maximum atomic E-state index is 11.5. The number of phenols is 1. The molecule has 1 unspecified atom stereocenters. The molecule has 0 aromatic heterocycles. The van der Waals surface area contributed by atoms with Crippen LogP contribution in [0.4, 0.5) is 0 Å². The van der Waals surface area contributed by atoms with Crippen molar-refractivity contribution in [3.63, 3.8) is 0 Å². The Kier molecular flexibility index (Phi) is 5.49. The van der Waals surface area contributed by atoms with Gasteiger partial charge < -0.3 is 15.2 Å². The van der Waals surface area contributed by atoms with Crippen molar-refractivity contribution in [2.24, 2.45) is 0 Å². The molecular weight excluding hydrogens is 218 g/mol. The van der Waals surface area contributed by atoms with Crippen LogP contribution in [0.2, 0.25) is 0 Å². The standard InChI is InChI=1S/C13H19NO3/c1-3-7-17-9-13(16)14-10(2)11-5-4-6-12(15)8-11/h4-6,8,10,15H,3,7,9H2,1-2H3,(H,14,16). The van der Waals surface area contributed by atoms with Gasteiger partial charge in [0, 0.05) is 6.61 Å². The minimum absolute atomic E-state index is 0.0804. The number of hydrogen-bond donors (Lipinski definition) is 2. The Balaban J connectivity index is 2.43. The summed E-state index contributed by atoms with van der Waals surface area (Å²) in [6.45, 7) is 4.53. The van der Waals surface area contributed by atoms with E-state index in [0.717, 1.165) is 12.0 Å². The highest BCUT2D eigenvalue weighted by Crippen LogP contribution is 2.17. The number of ether oxygens (including phenoxy) is 1. The molecule has 0 fully saturated rings. The van der Waals surface area contributed by atoms with Gasteiger partial charge in [-0.2, -0.15) is 0 Å². The van der Waals surface area contributed by atoms with E-state index < -0.39 is 0 Å². The average Bonchev–Trinajstić information content (AvgIpc) is 2.29. The van der Waals surface area contributed by atoms with Crippen molar-refractivity contribution in [3.8, 4) is 5.75 Å². The van der Waals surface area contributed by atoms with Gasteiger partial charge in [-0.05, 0) is 31.0 Å². The predicted molar refractivity (Wildman–Crippen MR) is 65.8 cm³/mol. The molecule has 4 nitrogen and oxygen atoms in total. The van der Waals surface area contributed by atoms with Crippen molar-refractivity contribution >= 4 is 5.91 Å². The lowest BCUT2D eigenvalue weighted by Crippen LogP contribution is -2.30. The molecule has 17 heavy (non-hydrogen) atoms. The van der Waals surface area contributed by atoms with Gasteiger partial charge in [0.1, 0.15) is 12.4 Å². The number of carbonyl (C=O) groups excluding carboxylic acids is 1. The molecule has 0 heterocycles. The molecule has 1 amide bonds. The van der Waals surface area contributed by atoms with Gasteiger partial charge in [0.2, 0.25) is 5.91 Å². The van der Waals surface area contributed by atoms with E-state index in [1.54, 1.807) is 18.2 Å². The Bertz CT molecular complexity index is 365. The molecule has 0 aliphatic heterocycles. The minimum Gasteiger partial charge on any atom is -0.508 e. The number of phenolic OH excluding ortho intramolecular Hbond substituents is 1. The van der Waals surface area contributed by atoms with Crippen LogP contribution in [-0.2, 0) is 9.53 Å². The van der Waals surface area contributed by atoms with Gasteiger partial charge >= 0.3 is 0 Å². The number of hydrogen-bond acceptors (Lipinski definition) is 3. The molecule has 94 valence electrons. The van der Waals surface area contributed by atoms with Crippen molar-refractivity contribution in [1.29, 1.82) is 0 Å². The Morgan fingerprint density at radius 2 is 2.29 bits per heavy atom. The molecule has 1 aromatic carbocycles. The molecule has 0 spiro atoms. The third-order valence-electron chi connectivity index (χ3n) is 2.33. The van der Waals surface area contributed by atoms with Gasteiger partial charge in [-0.1, -0.05) is 19.1 Å². The number of rotatable bonds is 6. The monoisotopic (exact) mass is 237 g/mol. The van der Waals surface area contributed by atoms with Gasteiger partial charge in [-0.3, -0.25) is 4.79 Å². The number of aromatic hydroxyl groups is 1. The fraction of sp³-hybridized carbons (Fsp3) is 0.462. The topological polar surface area (TPSA) is 58.6 Å². The van der Waals surface area contributed by atoms with Crippen LogP contribution in [0.1, 0.15) is 31.9 Å². The molecule has 4 heteroatoms. The summed E-state index contributed by atoms with van der Waals surface area (Å²) in [6.07, 6.45) is 0.898. The lowest BCUT2D eigenvalue weighted by Gasteiger charge is -2.14. The second-order valence-electron chi connectivity index (χ2n) is 3.94. The number of amides is 1. The summed E-state index contributed by atoms with van der Waals surface area (Å²) in [4.78, 5) is 11.5. The Labute approximate surface area is 102 Å². The molecule has 1 aromatic rings. The number of carbonyl (C=O) groups is 1. The van der Waals surface area contributed by atoms with Crippen LogP contribution in [0.3, 0.4) is 0 Å². The molecule has 0 saturated heterocycles. The van der Waals surface area contributed by atoms with Crippen LogP contribution in [0.25, 0.3) is 0 Å². The lowest BCUT2D eigenvalue weighted by molar-refractivity contribution is -0.126. The molecule has 0 aliphatic carbocycles. The fourth-order valence-electron chi connectivity index (χ4n) is 1.47. The van der Waals surface area contributed by atoms with Crippen molar-refractivity contribution < 1.29 is 14.6 Å². The Morgan fingerprint density at radius 1 is 1.53 bits per heavy atom. The predicted octanol–water partition coefficient (Wildman–Crippen LogP) is 2.00. The van der Waals surface area contributed by atoms with Crippen LogP contribution >= 0.6 is 0 Å².